The molecule has 0 aromatic heterocycles. The highest BCUT2D eigenvalue weighted by atomic mass is 16.5. The van der Waals surface area contributed by atoms with E-state index < -0.39 is 25.2 Å². The fraction of sp³-hybridized carbons (Fsp3) is 0.750. The maximum absolute atomic E-state index is 12.0. The van der Waals surface area contributed by atoms with E-state index in [4.69, 9.17) is 9.47 Å². The Kier molecular flexibility index (Phi) is 10.2. The summed E-state index contributed by atoms with van der Waals surface area (Å²) in [4.78, 5) is 47.6. The second-order valence-corrected chi connectivity index (χ2v) is 9.43. The van der Waals surface area contributed by atoms with Crippen LogP contribution in [0.3, 0.4) is 0 Å². The van der Waals surface area contributed by atoms with Crippen LogP contribution in [-0.2, 0) is 28.7 Å². The van der Waals surface area contributed by atoms with Gasteiger partial charge in [0.15, 0.2) is 13.2 Å². The van der Waals surface area contributed by atoms with Gasteiger partial charge in [-0.15, -0.1) is 0 Å². The van der Waals surface area contributed by atoms with Gasteiger partial charge in [-0.05, 0) is 36.5 Å². The lowest BCUT2D eigenvalue weighted by Crippen LogP contribution is -2.45. The zero-order valence-electron chi connectivity index (χ0n) is 19.7. The molecule has 0 radical (unpaired) electrons. The number of rotatable bonds is 8. The monoisotopic (exact) mass is 450 g/mol. The summed E-state index contributed by atoms with van der Waals surface area (Å²) in [7, 11) is 0. The molecule has 2 aliphatic rings. The first-order chi connectivity index (χ1) is 15.2. The Balaban J connectivity index is 1.63. The maximum atomic E-state index is 12.0. The van der Waals surface area contributed by atoms with Crippen LogP contribution in [0.4, 0.5) is 0 Å². The zero-order chi connectivity index (χ0) is 23.7. The molecule has 0 heterocycles. The number of esters is 2. The van der Waals surface area contributed by atoms with E-state index in [-0.39, 0.29) is 23.9 Å². The molecule has 8 heteroatoms. The summed E-state index contributed by atoms with van der Waals surface area (Å²) in [6.07, 6.45) is 8.07. The van der Waals surface area contributed by atoms with Gasteiger partial charge in [0.05, 0.1) is 0 Å². The van der Waals surface area contributed by atoms with E-state index in [1.807, 2.05) is 0 Å². The van der Waals surface area contributed by atoms with Crippen LogP contribution in [0.15, 0.2) is 12.2 Å². The molecular formula is C24H38N2O6. The standard InChI is InChI=1S/C24H38N2O6/c1-15-7-5-9-19(17(15)3)25-21(27)13-31-23(29)11-12-24(30)32-14-22(28)26-20-10-6-8-16(2)18(20)4/h11-12,15-20H,5-10,13-14H2,1-4H3,(H,25,27)(H,26,28). The fourth-order valence-corrected chi connectivity index (χ4v) is 4.57. The molecule has 2 rings (SSSR count). The molecule has 0 spiro atoms. The molecule has 2 N–H and O–H groups in total. The Labute approximate surface area is 190 Å². The highest BCUT2D eigenvalue weighted by Gasteiger charge is 2.29. The SMILES string of the molecule is CC1CCCC(NC(=O)COC(=O)C=CC(=O)OCC(=O)NC2CCCC(C)C2C)C1C. The Morgan fingerprint density at radius 3 is 1.44 bits per heavy atom. The fourth-order valence-electron chi connectivity index (χ4n) is 4.57. The molecule has 2 aliphatic carbocycles. The molecule has 0 aromatic rings. The lowest BCUT2D eigenvalue weighted by atomic mass is 9.78. The van der Waals surface area contributed by atoms with Crippen molar-refractivity contribution in [2.24, 2.45) is 23.7 Å². The summed E-state index contributed by atoms with van der Waals surface area (Å²) >= 11 is 0. The largest absolute Gasteiger partial charge is 0.452 e. The third-order valence-corrected chi connectivity index (χ3v) is 7.15. The second kappa shape index (κ2) is 12.6. The average molecular weight is 451 g/mol. The minimum absolute atomic E-state index is 0.0847. The van der Waals surface area contributed by atoms with E-state index in [0.717, 1.165) is 50.7 Å². The quantitative estimate of drug-likeness (QED) is 0.434. The van der Waals surface area contributed by atoms with Crippen molar-refractivity contribution >= 4 is 23.8 Å². The van der Waals surface area contributed by atoms with Crippen molar-refractivity contribution in [3.05, 3.63) is 12.2 Å². The number of nitrogens with one attached hydrogen (secondary N) is 2. The van der Waals surface area contributed by atoms with E-state index in [0.29, 0.717) is 23.7 Å². The van der Waals surface area contributed by atoms with Gasteiger partial charge < -0.3 is 20.1 Å². The first kappa shape index (κ1) is 25.9. The van der Waals surface area contributed by atoms with Crippen molar-refractivity contribution in [2.75, 3.05) is 13.2 Å². The normalized spacial score (nSPS) is 30.4. The molecule has 0 aliphatic heterocycles. The Hall–Kier alpha value is -2.38. The maximum Gasteiger partial charge on any atom is 0.331 e. The minimum Gasteiger partial charge on any atom is -0.452 e. The molecule has 6 atom stereocenters. The van der Waals surface area contributed by atoms with Crippen molar-refractivity contribution in [1.29, 1.82) is 0 Å². The van der Waals surface area contributed by atoms with Gasteiger partial charge in [-0.1, -0.05) is 53.4 Å². The molecule has 0 aromatic carbocycles. The summed E-state index contributed by atoms with van der Waals surface area (Å²) in [6.45, 7) is 7.77. The van der Waals surface area contributed by atoms with Crippen LogP contribution >= 0.6 is 0 Å². The second-order valence-electron chi connectivity index (χ2n) is 9.43. The van der Waals surface area contributed by atoms with Crippen LogP contribution in [0.5, 0.6) is 0 Å². The van der Waals surface area contributed by atoms with Crippen LogP contribution in [0, 0.1) is 23.7 Å². The molecule has 2 saturated carbocycles. The molecule has 0 bridgehead atoms. The molecule has 8 nitrogen and oxygen atoms in total. The number of ether oxygens (including phenoxy) is 2. The van der Waals surface area contributed by atoms with E-state index in [1.54, 1.807) is 0 Å². The van der Waals surface area contributed by atoms with Gasteiger partial charge in [0.1, 0.15) is 0 Å². The lowest BCUT2D eigenvalue weighted by molar-refractivity contribution is -0.145. The molecule has 0 saturated heterocycles. The Morgan fingerprint density at radius 2 is 1.06 bits per heavy atom. The van der Waals surface area contributed by atoms with Crippen LogP contribution < -0.4 is 10.6 Å². The first-order valence-electron chi connectivity index (χ1n) is 11.8. The van der Waals surface area contributed by atoms with Crippen LogP contribution in [0.1, 0.15) is 66.2 Å². The zero-order valence-corrected chi connectivity index (χ0v) is 19.7. The van der Waals surface area contributed by atoms with Gasteiger partial charge >= 0.3 is 11.9 Å². The number of amides is 2. The first-order valence-corrected chi connectivity index (χ1v) is 11.8. The number of carbonyl (C=O) groups excluding carboxylic acids is 4. The molecule has 32 heavy (non-hydrogen) atoms. The van der Waals surface area contributed by atoms with E-state index in [1.165, 1.54) is 0 Å². The van der Waals surface area contributed by atoms with Crippen molar-refractivity contribution < 1.29 is 28.7 Å². The van der Waals surface area contributed by atoms with E-state index in [2.05, 4.69) is 38.3 Å². The highest BCUT2D eigenvalue weighted by molar-refractivity contribution is 5.93. The predicted octanol–water partition coefficient (Wildman–Crippen LogP) is 2.51. The van der Waals surface area contributed by atoms with Gasteiger partial charge in [-0.2, -0.15) is 0 Å². The van der Waals surface area contributed by atoms with Crippen LogP contribution in [0.2, 0.25) is 0 Å². The summed E-state index contributed by atoms with van der Waals surface area (Å²) in [5.74, 6) is -0.524. The third kappa shape index (κ3) is 8.28. The molecule has 180 valence electrons. The number of hydrogen-bond donors (Lipinski definition) is 2. The van der Waals surface area contributed by atoms with Crippen LogP contribution in [-0.4, -0.2) is 49.1 Å². The molecule has 6 unspecified atom stereocenters. The van der Waals surface area contributed by atoms with Gasteiger partial charge in [0.25, 0.3) is 11.8 Å². The Bertz CT molecular complexity index is 649. The van der Waals surface area contributed by atoms with Crippen molar-refractivity contribution in [3.63, 3.8) is 0 Å². The molecule has 2 amide bonds. The summed E-state index contributed by atoms with van der Waals surface area (Å²) in [5, 5.41) is 5.83. The van der Waals surface area contributed by atoms with Gasteiger partial charge in [0.2, 0.25) is 0 Å². The average Bonchev–Trinajstić information content (AvgIpc) is 2.75. The van der Waals surface area contributed by atoms with Crippen molar-refractivity contribution in [2.45, 2.75) is 78.3 Å². The van der Waals surface area contributed by atoms with Gasteiger partial charge in [-0.25, -0.2) is 9.59 Å². The third-order valence-electron chi connectivity index (χ3n) is 7.15. The molecule has 2 fully saturated rings. The smallest absolute Gasteiger partial charge is 0.331 e. The van der Waals surface area contributed by atoms with Crippen molar-refractivity contribution in [1.82, 2.24) is 10.6 Å². The number of carbonyl (C=O) groups is 4. The highest BCUT2D eigenvalue weighted by Crippen LogP contribution is 2.30. The van der Waals surface area contributed by atoms with Crippen LogP contribution in [0.25, 0.3) is 0 Å². The predicted molar refractivity (Wildman–Crippen MR) is 119 cm³/mol. The topological polar surface area (TPSA) is 111 Å². The van der Waals surface area contributed by atoms with Crippen molar-refractivity contribution in [3.8, 4) is 0 Å². The summed E-state index contributed by atoms with van der Waals surface area (Å²) in [6, 6.07) is 0.169. The minimum atomic E-state index is -0.823. The van der Waals surface area contributed by atoms with E-state index in [9.17, 15) is 19.2 Å². The van der Waals surface area contributed by atoms with Gasteiger partial charge in [0, 0.05) is 24.2 Å². The Morgan fingerprint density at radius 1 is 0.688 bits per heavy atom. The molecular weight excluding hydrogens is 412 g/mol. The summed E-state index contributed by atoms with van der Waals surface area (Å²) in [5.41, 5.74) is 0. The van der Waals surface area contributed by atoms with Gasteiger partial charge in [-0.3, -0.25) is 9.59 Å². The van der Waals surface area contributed by atoms with E-state index >= 15 is 0 Å². The lowest BCUT2D eigenvalue weighted by Gasteiger charge is -2.34. The summed E-state index contributed by atoms with van der Waals surface area (Å²) < 4.78 is 9.76. The number of hydrogen-bond acceptors (Lipinski definition) is 6.